The average molecular weight is 317 g/mol. The largest absolute Gasteiger partial charge is 0.480 e. The Morgan fingerprint density at radius 3 is 2.86 bits per heavy atom. The van der Waals surface area contributed by atoms with E-state index in [9.17, 15) is 13.2 Å². The van der Waals surface area contributed by atoms with Crippen molar-refractivity contribution in [3.8, 4) is 0 Å². The molecule has 8 nitrogen and oxygen atoms in total. The monoisotopic (exact) mass is 317 g/mol. The molecule has 0 aromatic carbocycles. The number of aromatic nitrogens is 2. The fourth-order valence-corrected chi connectivity index (χ4v) is 4.16. The summed E-state index contributed by atoms with van der Waals surface area (Å²) in [5, 5.41) is 12.8. The number of carboxylic acids is 1. The lowest BCUT2D eigenvalue weighted by atomic mass is 10.2. The molecule has 1 unspecified atom stereocenters. The zero-order valence-electron chi connectivity index (χ0n) is 11.9. The maximum Gasteiger partial charge on any atom is 0.317 e. The number of aryl methyl sites for hydroxylation is 1. The number of hydrogen-bond donors (Lipinski definition) is 1. The molecule has 2 rings (SSSR count). The first-order valence-electron chi connectivity index (χ1n) is 6.87. The van der Waals surface area contributed by atoms with Gasteiger partial charge in [-0.2, -0.15) is 4.98 Å². The van der Waals surface area contributed by atoms with Crippen LogP contribution < -0.4 is 0 Å². The normalized spacial score (nSPS) is 21.0. The van der Waals surface area contributed by atoms with Crippen molar-refractivity contribution in [2.24, 2.45) is 0 Å². The Kier molecular flexibility index (Phi) is 4.94. The maximum atomic E-state index is 11.5. The molecule has 21 heavy (non-hydrogen) atoms. The van der Waals surface area contributed by atoms with Crippen LogP contribution in [0.25, 0.3) is 0 Å². The van der Waals surface area contributed by atoms with Crippen LogP contribution in [0, 0.1) is 0 Å². The molecule has 118 valence electrons. The first kappa shape index (κ1) is 15.9. The van der Waals surface area contributed by atoms with Crippen molar-refractivity contribution in [3.63, 3.8) is 0 Å². The number of sulfone groups is 1. The van der Waals surface area contributed by atoms with Crippen LogP contribution in [0.1, 0.15) is 31.5 Å². The Hall–Kier alpha value is -1.48. The van der Waals surface area contributed by atoms with Crippen molar-refractivity contribution >= 4 is 15.8 Å². The summed E-state index contributed by atoms with van der Waals surface area (Å²) in [6.07, 6.45) is 1.99. The number of rotatable bonds is 7. The van der Waals surface area contributed by atoms with Crippen LogP contribution in [0.4, 0.5) is 0 Å². The Labute approximate surface area is 123 Å². The number of carbonyl (C=O) groups is 1. The second-order valence-corrected chi connectivity index (χ2v) is 7.44. The lowest BCUT2D eigenvalue weighted by Crippen LogP contribution is -2.39. The van der Waals surface area contributed by atoms with Crippen molar-refractivity contribution in [2.45, 2.75) is 38.8 Å². The second kappa shape index (κ2) is 6.52. The minimum atomic E-state index is -3.07. The Balaban J connectivity index is 2.07. The summed E-state index contributed by atoms with van der Waals surface area (Å²) in [6, 6.07) is -0.306. The van der Waals surface area contributed by atoms with Gasteiger partial charge in [0.15, 0.2) is 15.7 Å². The van der Waals surface area contributed by atoms with Gasteiger partial charge in [-0.05, 0) is 12.8 Å². The molecule has 1 aromatic rings. The van der Waals surface area contributed by atoms with Gasteiger partial charge in [0.25, 0.3) is 0 Å². The molecule has 0 spiro atoms. The average Bonchev–Trinajstić information content (AvgIpc) is 2.95. The third-order valence-electron chi connectivity index (χ3n) is 3.38. The van der Waals surface area contributed by atoms with Crippen molar-refractivity contribution in [1.29, 1.82) is 0 Å². The van der Waals surface area contributed by atoms with Crippen LogP contribution in [-0.4, -0.2) is 58.6 Å². The first-order valence-corrected chi connectivity index (χ1v) is 8.69. The van der Waals surface area contributed by atoms with E-state index in [1.54, 1.807) is 4.90 Å². The Bertz CT molecular complexity index is 598. The molecule has 0 aliphatic carbocycles. The Morgan fingerprint density at radius 2 is 2.29 bits per heavy atom. The molecule has 0 radical (unpaired) electrons. The van der Waals surface area contributed by atoms with Crippen LogP contribution in [-0.2, 0) is 27.6 Å². The third-order valence-corrected chi connectivity index (χ3v) is 5.13. The lowest BCUT2D eigenvalue weighted by Gasteiger charge is -2.24. The van der Waals surface area contributed by atoms with E-state index in [1.165, 1.54) is 0 Å². The van der Waals surface area contributed by atoms with E-state index in [0.29, 0.717) is 24.6 Å². The molecule has 0 amide bonds. The van der Waals surface area contributed by atoms with Gasteiger partial charge in [0.05, 0.1) is 24.6 Å². The SMILES string of the molecule is CCCc1nc(CN(CC(=O)O)C2CCS(=O)(=O)C2)no1. The molecule has 1 fully saturated rings. The highest BCUT2D eigenvalue weighted by Gasteiger charge is 2.33. The van der Waals surface area contributed by atoms with Crippen molar-refractivity contribution < 1.29 is 22.8 Å². The first-order chi connectivity index (χ1) is 9.89. The highest BCUT2D eigenvalue weighted by molar-refractivity contribution is 7.91. The minimum absolute atomic E-state index is 0.0139. The van der Waals surface area contributed by atoms with Crippen LogP contribution >= 0.6 is 0 Å². The highest BCUT2D eigenvalue weighted by atomic mass is 32.2. The molecule has 1 aliphatic rings. The summed E-state index contributed by atoms with van der Waals surface area (Å²) >= 11 is 0. The van der Waals surface area contributed by atoms with Gasteiger partial charge in [0.2, 0.25) is 5.89 Å². The van der Waals surface area contributed by atoms with Gasteiger partial charge >= 0.3 is 5.97 Å². The van der Waals surface area contributed by atoms with E-state index < -0.39 is 15.8 Å². The molecule has 1 N–H and O–H groups in total. The van der Waals surface area contributed by atoms with Gasteiger partial charge < -0.3 is 9.63 Å². The summed E-state index contributed by atoms with van der Waals surface area (Å²) < 4.78 is 28.2. The molecule has 2 heterocycles. The summed E-state index contributed by atoms with van der Waals surface area (Å²) in [5.74, 6) is -0.0106. The van der Waals surface area contributed by atoms with E-state index in [1.807, 2.05) is 6.92 Å². The molecular formula is C12H19N3O5S. The van der Waals surface area contributed by atoms with Gasteiger partial charge in [0.1, 0.15) is 0 Å². The molecule has 0 saturated carbocycles. The van der Waals surface area contributed by atoms with Crippen LogP contribution in [0.3, 0.4) is 0 Å². The summed E-state index contributed by atoms with van der Waals surface area (Å²) in [4.78, 5) is 16.8. The van der Waals surface area contributed by atoms with Crippen molar-refractivity contribution in [2.75, 3.05) is 18.1 Å². The van der Waals surface area contributed by atoms with Gasteiger partial charge in [0, 0.05) is 12.5 Å². The number of nitrogens with zero attached hydrogens (tertiary/aromatic N) is 3. The van der Waals surface area contributed by atoms with Crippen LogP contribution in [0.5, 0.6) is 0 Å². The van der Waals surface area contributed by atoms with Crippen molar-refractivity contribution in [3.05, 3.63) is 11.7 Å². The van der Waals surface area contributed by atoms with Gasteiger partial charge in [-0.3, -0.25) is 9.69 Å². The van der Waals surface area contributed by atoms with Gasteiger partial charge in [-0.25, -0.2) is 8.42 Å². The Morgan fingerprint density at radius 1 is 1.52 bits per heavy atom. The van der Waals surface area contributed by atoms with E-state index in [2.05, 4.69) is 10.1 Å². The number of aliphatic carboxylic acids is 1. The fraction of sp³-hybridized carbons (Fsp3) is 0.750. The fourth-order valence-electron chi connectivity index (χ4n) is 2.40. The smallest absolute Gasteiger partial charge is 0.317 e. The van der Waals surface area contributed by atoms with Crippen molar-refractivity contribution in [1.82, 2.24) is 15.0 Å². The van der Waals surface area contributed by atoms with E-state index in [0.717, 1.165) is 6.42 Å². The molecule has 9 heteroatoms. The summed E-state index contributed by atoms with van der Waals surface area (Å²) in [5.41, 5.74) is 0. The maximum absolute atomic E-state index is 11.5. The standard InChI is InChI=1S/C12H19N3O5S/c1-2-3-11-13-10(14-20-11)6-15(7-12(16)17)9-4-5-21(18,19)8-9/h9H,2-8H2,1H3,(H,16,17). The topological polar surface area (TPSA) is 114 Å². The minimum Gasteiger partial charge on any atom is -0.480 e. The van der Waals surface area contributed by atoms with Gasteiger partial charge in [-0.1, -0.05) is 12.1 Å². The molecule has 1 aliphatic heterocycles. The van der Waals surface area contributed by atoms with E-state index >= 15 is 0 Å². The third kappa shape index (κ3) is 4.50. The summed E-state index contributed by atoms with van der Waals surface area (Å²) in [6.45, 7) is 1.93. The number of hydrogen-bond acceptors (Lipinski definition) is 7. The zero-order chi connectivity index (χ0) is 15.5. The molecule has 0 bridgehead atoms. The predicted molar refractivity (Wildman–Crippen MR) is 73.4 cm³/mol. The zero-order valence-corrected chi connectivity index (χ0v) is 12.7. The van der Waals surface area contributed by atoms with Crippen LogP contribution in [0.2, 0.25) is 0 Å². The van der Waals surface area contributed by atoms with Gasteiger partial charge in [-0.15, -0.1) is 0 Å². The molecule has 1 aromatic heterocycles. The van der Waals surface area contributed by atoms with E-state index in [-0.39, 0.29) is 30.6 Å². The summed E-state index contributed by atoms with van der Waals surface area (Å²) in [7, 11) is -3.07. The quantitative estimate of drug-likeness (QED) is 0.753. The number of carboxylic acid groups (broad SMARTS) is 1. The van der Waals surface area contributed by atoms with Crippen LogP contribution in [0.15, 0.2) is 4.52 Å². The molecule has 1 saturated heterocycles. The predicted octanol–water partition coefficient (Wildman–Crippen LogP) is 0.0958. The molecule has 1 atom stereocenters. The highest BCUT2D eigenvalue weighted by Crippen LogP contribution is 2.19. The lowest BCUT2D eigenvalue weighted by molar-refractivity contribution is -0.139. The van der Waals surface area contributed by atoms with E-state index in [4.69, 9.17) is 9.63 Å². The second-order valence-electron chi connectivity index (χ2n) is 5.21. The molecular weight excluding hydrogens is 298 g/mol.